The lowest BCUT2D eigenvalue weighted by atomic mass is 9.69. The lowest BCUT2D eigenvalue weighted by molar-refractivity contribution is -0.0599. The highest BCUT2D eigenvalue weighted by atomic mass is 32.2. The fourth-order valence-electron chi connectivity index (χ4n) is 2.56. The first-order valence-electron chi connectivity index (χ1n) is 6.93. The minimum Gasteiger partial charge on any atom is -0.491 e. The zero-order valence-corrected chi connectivity index (χ0v) is 13.1. The normalized spacial score (nSPS) is 26.4. The number of para-hydroxylation sites is 1. The fourth-order valence-corrected chi connectivity index (χ4v) is 4.20. The zero-order chi connectivity index (χ0) is 14.1. The van der Waals surface area contributed by atoms with Crippen LogP contribution in [0.4, 0.5) is 0 Å². The summed E-state index contributed by atoms with van der Waals surface area (Å²) in [5, 5.41) is 11.3. The monoisotopic (exact) mass is 280 g/mol. The molecule has 1 aliphatic heterocycles. The van der Waals surface area contributed by atoms with Crippen LogP contribution in [0.25, 0.3) is 0 Å². The van der Waals surface area contributed by atoms with Crippen molar-refractivity contribution in [3.8, 4) is 5.75 Å². The van der Waals surface area contributed by atoms with E-state index in [-0.39, 0.29) is 11.5 Å². The maximum Gasteiger partial charge on any atom is 0.125 e. The van der Waals surface area contributed by atoms with Crippen molar-refractivity contribution in [2.24, 2.45) is 5.41 Å². The molecule has 0 aliphatic carbocycles. The summed E-state index contributed by atoms with van der Waals surface area (Å²) in [4.78, 5) is 0. The van der Waals surface area contributed by atoms with Crippen LogP contribution < -0.4 is 4.74 Å². The van der Waals surface area contributed by atoms with Crippen molar-refractivity contribution in [1.29, 1.82) is 0 Å². The van der Waals surface area contributed by atoms with Crippen LogP contribution in [0, 0.1) is 5.41 Å². The second-order valence-electron chi connectivity index (χ2n) is 6.21. The lowest BCUT2D eigenvalue weighted by Crippen LogP contribution is -2.47. The standard InChI is InChI=1S/C16H24O2S/c1-12(2)18-14-8-6-5-7-13(14)16(17)11-19-10-9-15(16,3)4/h5-8,12,17H,9-11H2,1-4H3. The second-order valence-corrected chi connectivity index (χ2v) is 7.31. The Labute approximate surface area is 120 Å². The summed E-state index contributed by atoms with van der Waals surface area (Å²) in [7, 11) is 0. The number of rotatable bonds is 3. The van der Waals surface area contributed by atoms with Gasteiger partial charge in [0, 0.05) is 11.3 Å². The molecule has 19 heavy (non-hydrogen) atoms. The molecule has 1 atom stereocenters. The van der Waals surface area contributed by atoms with Crippen LogP contribution in [0.5, 0.6) is 5.75 Å². The molecular weight excluding hydrogens is 256 g/mol. The largest absolute Gasteiger partial charge is 0.491 e. The summed E-state index contributed by atoms with van der Waals surface area (Å²) < 4.78 is 5.89. The van der Waals surface area contributed by atoms with Crippen molar-refractivity contribution in [3.05, 3.63) is 29.8 Å². The van der Waals surface area contributed by atoms with Crippen LogP contribution in [-0.2, 0) is 5.60 Å². The molecule has 1 aliphatic rings. The van der Waals surface area contributed by atoms with Gasteiger partial charge in [-0.05, 0) is 37.5 Å². The third kappa shape index (κ3) is 2.77. The molecule has 0 bridgehead atoms. The molecule has 1 heterocycles. The first-order chi connectivity index (χ1) is 8.87. The van der Waals surface area contributed by atoms with Crippen LogP contribution >= 0.6 is 11.8 Å². The molecule has 0 radical (unpaired) electrons. The van der Waals surface area contributed by atoms with E-state index in [1.807, 2.05) is 49.9 Å². The van der Waals surface area contributed by atoms with Crippen molar-refractivity contribution < 1.29 is 9.84 Å². The molecule has 0 aromatic heterocycles. The maximum atomic E-state index is 11.3. The summed E-state index contributed by atoms with van der Waals surface area (Å²) in [6, 6.07) is 7.91. The number of hydrogen-bond donors (Lipinski definition) is 1. The van der Waals surface area contributed by atoms with Crippen molar-refractivity contribution in [2.75, 3.05) is 11.5 Å². The van der Waals surface area contributed by atoms with Gasteiger partial charge in [0.05, 0.1) is 6.10 Å². The molecule has 106 valence electrons. The molecule has 0 amide bonds. The van der Waals surface area contributed by atoms with Gasteiger partial charge in [0.15, 0.2) is 0 Å². The minimum absolute atomic E-state index is 0.115. The van der Waals surface area contributed by atoms with E-state index in [4.69, 9.17) is 4.74 Å². The molecule has 1 aromatic rings. The minimum atomic E-state index is -0.818. The van der Waals surface area contributed by atoms with Gasteiger partial charge in [-0.3, -0.25) is 0 Å². The highest BCUT2D eigenvalue weighted by Gasteiger charge is 2.48. The molecular formula is C16H24O2S. The molecule has 1 unspecified atom stereocenters. The van der Waals surface area contributed by atoms with E-state index < -0.39 is 5.60 Å². The van der Waals surface area contributed by atoms with Crippen molar-refractivity contribution >= 4 is 11.8 Å². The average Bonchev–Trinajstić information content (AvgIpc) is 2.33. The fraction of sp³-hybridized carbons (Fsp3) is 0.625. The van der Waals surface area contributed by atoms with Crippen LogP contribution in [0.2, 0.25) is 0 Å². The summed E-state index contributed by atoms with van der Waals surface area (Å²) in [6.45, 7) is 8.33. The van der Waals surface area contributed by atoms with Crippen LogP contribution in [0.1, 0.15) is 39.7 Å². The summed E-state index contributed by atoms with van der Waals surface area (Å²) in [5.74, 6) is 2.66. The molecule has 1 fully saturated rings. The number of ether oxygens (including phenoxy) is 1. The smallest absolute Gasteiger partial charge is 0.125 e. The van der Waals surface area contributed by atoms with Gasteiger partial charge in [-0.15, -0.1) is 0 Å². The van der Waals surface area contributed by atoms with Crippen LogP contribution in [0.3, 0.4) is 0 Å². The first-order valence-corrected chi connectivity index (χ1v) is 8.08. The van der Waals surface area contributed by atoms with Crippen molar-refractivity contribution in [2.45, 2.75) is 45.8 Å². The first kappa shape index (κ1) is 14.7. The molecule has 2 nitrogen and oxygen atoms in total. The van der Waals surface area contributed by atoms with Gasteiger partial charge in [-0.25, -0.2) is 0 Å². The molecule has 3 heteroatoms. The molecule has 1 aromatic carbocycles. The van der Waals surface area contributed by atoms with E-state index in [0.29, 0.717) is 0 Å². The third-order valence-corrected chi connectivity index (χ3v) is 5.11. The Morgan fingerprint density at radius 2 is 1.95 bits per heavy atom. The number of thioether (sulfide) groups is 1. The quantitative estimate of drug-likeness (QED) is 0.912. The number of benzene rings is 1. The Morgan fingerprint density at radius 3 is 2.58 bits per heavy atom. The van der Waals surface area contributed by atoms with E-state index in [0.717, 1.165) is 29.2 Å². The Balaban J connectivity index is 2.44. The summed E-state index contributed by atoms with van der Waals surface area (Å²) in [6.07, 6.45) is 1.13. The molecule has 1 saturated heterocycles. The molecule has 0 spiro atoms. The summed E-state index contributed by atoms with van der Waals surface area (Å²) in [5.41, 5.74) is -0.0169. The lowest BCUT2D eigenvalue weighted by Gasteiger charge is -2.47. The maximum absolute atomic E-state index is 11.3. The molecule has 1 N–H and O–H groups in total. The van der Waals surface area contributed by atoms with Gasteiger partial charge in [0.25, 0.3) is 0 Å². The predicted molar refractivity (Wildman–Crippen MR) is 81.8 cm³/mol. The topological polar surface area (TPSA) is 29.5 Å². The van der Waals surface area contributed by atoms with Gasteiger partial charge in [-0.2, -0.15) is 11.8 Å². The van der Waals surface area contributed by atoms with E-state index in [2.05, 4.69) is 13.8 Å². The van der Waals surface area contributed by atoms with Gasteiger partial charge in [0.1, 0.15) is 11.4 Å². The van der Waals surface area contributed by atoms with Gasteiger partial charge >= 0.3 is 0 Å². The Hall–Kier alpha value is -0.670. The van der Waals surface area contributed by atoms with Crippen LogP contribution in [-0.4, -0.2) is 22.7 Å². The van der Waals surface area contributed by atoms with Crippen LogP contribution in [0.15, 0.2) is 24.3 Å². The van der Waals surface area contributed by atoms with Gasteiger partial charge < -0.3 is 9.84 Å². The Bertz CT molecular complexity index is 442. The number of hydrogen-bond acceptors (Lipinski definition) is 3. The second kappa shape index (κ2) is 5.37. The van der Waals surface area contributed by atoms with Crippen molar-refractivity contribution in [1.82, 2.24) is 0 Å². The highest BCUT2D eigenvalue weighted by Crippen LogP contribution is 2.50. The van der Waals surface area contributed by atoms with E-state index >= 15 is 0 Å². The Kier molecular flexibility index (Phi) is 4.17. The van der Waals surface area contributed by atoms with Crippen molar-refractivity contribution in [3.63, 3.8) is 0 Å². The van der Waals surface area contributed by atoms with E-state index in [9.17, 15) is 5.11 Å². The third-order valence-electron chi connectivity index (χ3n) is 4.00. The molecule has 0 saturated carbocycles. The van der Waals surface area contributed by atoms with Gasteiger partial charge in [0.2, 0.25) is 0 Å². The zero-order valence-electron chi connectivity index (χ0n) is 12.3. The average molecular weight is 280 g/mol. The van der Waals surface area contributed by atoms with Gasteiger partial charge in [-0.1, -0.05) is 32.0 Å². The van der Waals surface area contributed by atoms with E-state index in [1.165, 1.54) is 0 Å². The van der Waals surface area contributed by atoms with E-state index in [1.54, 1.807) is 0 Å². The highest BCUT2D eigenvalue weighted by molar-refractivity contribution is 7.99. The summed E-state index contributed by atoms with van der Waals surface area (Å²) >= 11 is 1.82. The SMILES string of the molecule is CC(C)Oc1ccccc1C1(O)CSCCC1(C)C. The number of aliphatic hydroxyl groups is 1. The predicted octanol–water partition coefficient (Wildman–Crippen LogP) is 3.82. The Morgan fingerprint density at radius 1 is 1.26 bits per heavy atom. The molecule has 2 rings (SSSR count).